The van der Waals surface area contributed by atoms with Crippen molar-refractivity contribution >= 4 is 11.6 Å². The number of aryl methyl sites for hydroxylation is 1. The van der Waals surface area contributed by atoms with E-state index in [0.717, 1.165) is 6.42 Å². The Balaban J connectivity index is 1.49. The van der Waals surface area contributed by atoms with Gasteiger partial charge < -0.3 is 25.0 Å². The average Bonchev–Trinajstić information content (AvgIpc) is 3.49. The summed E-state index contributed by atoms with van der Waals surface area (Å²) in [5.41, 5.74) is 1.76. The molecule has 3 N–H and O–H groups in total. The summed E-state index contributed by atoms with van der Waals surface area (Å²) >= 11 is 0. The monoisotopic (exact) mass is 531 g/mol. The van der Waals surface area contributed by atoms with Crippen molar-refractivity contribution in [3.05, 3.63) is 36.9 Å². The lowest BCUT2D eigenvalue weighted by Crippen LogP contribution is -2.14. The largest absolute Gasteiger partial charge is 0.493 e. The van der Waals surface area contributed by atoms with Crippen LogP contribution in [0.5, 0.6) is 17.5 Å². The fraction of sp³-hybridized carbons (Fsp3) is 0.385. The van der Waals surface area contributed by atoms with E-state index < -0.39 is 0 Å². The molecule has 4 heterocycles. The fourth-order valence-corrected chi connectivity index (χ4v) is 4.13. The molecule has 0 radical (unpaired) electrons. The van der Waals surface area contributed by atoms with Crippen molar-refractivity contribution in [2.45, 2.75) is 38.8 Å². The summed E-state index contributed by atoms with van der Waals surface area (Å²) in [5, 5.41) is 40.7. The molecule has 13 heteroatoms. The first-order valence-corrected chi connectivity index (χ1v) is 12.6. The minimum atomic E-state index is -0.278. The van der Waals surface area contributed by atoms with Crippen LogP contribution in [0.2, 0.25) is 0 Å². The molecule has 5 rings (SSSR count). The van der Waals surface area contributed by atoms with Gasteiger partial charge in [0.15, 0.2) is 5.82 Å². The Morgan fingerprint density at radius 2 is 2.08 bits per heavy atom. The lowest BCUT2D eigenvalue weighted by Gasteiger charge is -2.18. The molecule has 1 aliphatic rings. The smallest absolute Gasteiger partial charge is 0.240 e. The highest BCUT2D eigenvalue weighted by Gasteiger charge is 2.40. The molecule has 0 saturated heterocycles. The summed E-state index contributed by atoms with van der Waals surface area (Å²) in [6.45, 7) is 4.16. The summed E-state index contributed by atoms with van der Waals surface area (Å²) in [6.07, 6.45) is 7.50. The topological polar surface area (TPSA) is 169 Å². The Kier molecular flexibility index (Phi) is 7.29. The Bertz CT molecular complexity index is 1510. The van der Waals surface area contributed by atoms with Crippen molar-refractivity contribution in [3.63, 3.8) is 0 Å². The molecule has 13 nitrogen and oxygen atoms in total. The van der Waals surface area contributed by atoms with Gasteiger partial charge in [-0.15, -0.1) is 5.10 Å². The number of hydrogen-bond donors (Lipinski definition) is 3. The third-order valence-corrected chi connectivity index (χ3v) is 6.32. The third-order valence-electron chi connectivity index (χ3n) is 6.32. The summed E-state index contributed by atoms with van der Waals surface area (Å²) in [7, 11) is 1.62. The van der Waals surface area contributed by atoms with Gasteiger partial charge in [0, 0.05) is 50.3 Å². The van der Waals surface area contributed by atoms with Gasteiger partial charge in [-0.05, 0) is 26.3 Å². The van der Waals surface area contributed by atoms with E-state index >= 15 is 0 Å². The zero-order chi connectivity index (χ0) is 27.5. The van der Waals surface area contributed by atoms with E-state index in [1.165, 1.54) is 10.9 Å². The molecule has 202 valence electrons. The number of nitriles is 1. The van der Waals surface area contributed by atoms with Gasteiger partial charge in [-0.2, -0.15) is 10.4 Å². The Labute approximate surface area is 224 Å². The number of aliphatic hydroxyl groups is 1. The van der Waals surface area contributed by atoms with Crippen LogP contribution in [-0.2, 0) is 7.05 Å². The standard InChI is InChI=1S/C26H29N9O4/c1-4-38-25-19(14-35(33-25)20-9-16(20)11-27)17-12-29-23(10-21(17)39-15(2)6-8-36)31-22-5-7-28-24(32-22)18-13-30-34(3)26(18)37/h5,7,10,12-16,20,36-37H,4,6,8-9H2,1-3H3,(H,28,29,31,32)/t15-,16?,20?/m0/s1. The third kappa shape index (κ3) is 5.46. The molecule has 4 aromatic rings. The maximum Gasteiger partial charge on any atom is 0.240 e. The number of aliphatic hydroxyl groups excluding tert-OH is 1. The number of hydrogen-bond acceptors (Lipinski definition) is 11. The van der Waals surface area contributed by atoms with Crippen molar-refractivity contribution in [3.8, 4) is 46.1 Å². The zero-order valence-corrected chi connectivity index (χ0v) is 21.8. The Morgan fingerprint density at radius 1 is 1.23 bits per heavy atom. The van der Waals surface area contributed by atoms with Crippen molar-refractivity contribution in [1.29, 1.82) is 5.26 Å². The van der Waals surface area contributed by atoms with Gasteiger partial charge >= 0.3 is 0 Å². The van der Waals surface area contributed by atoms with Crippen LogP contribution in [0.15, 0.2) is 36.9 Å². The normalized spacial score (nSPS) is 16.9. The van der Waals surface area contributed by atoms with Crippen LogP contribution in [0.25, 0.3) is 22.5 Å². The molecular weight excluding hydrogens is 502 g/mol. The highest BCUT2D eigenvalue weighted by atomic mass is 16.5. The fourth-order valence-electron chi connectivity index (χ4n) is 4.13. The molecule has 1 aliphatic carbocycles. The van der Waals surface area contributed by atoms with Crippen LogP contribution in [0.1, 0.15) is 32.7 Å². The van der Waals surface area contributed by atoms with Gasteiger partial charge in [-0.3, -0.25) is 4.68 Å². The summed E-state index contributed by atoms with van der Waals surface area (Å²) < 4.78 is 15.2. The van der Waals surface area contributed by atoms with Crippen molar-refractivity contribution in [2.75, 3.05) is 18.5 Å². The molecular formula is C26H29N9O4. The molecule has 2 unspecified atom stereocenters. The highest BCUT2D eigenvalue weighted by molar-refractivity contribution is 5.75. The van der Waals surface area contributed by atoms with E-state index in [0.29, 0.717) is 58.8 Å². The van der Waals surface area contributed by atoms with Crippen LogP contribution >= 0.6 is 0 Å². The number of ether oxygens (including phenoxy) is 2. The number of aromatic nitrogens is 7. The van der Waals surface area contributed by atoms with E-state index in [1.54, 1.807) is 36.3 Å². The Morgan fingerprint density at radius 3 is 2.77 bits per heavy atom. The van der Waals surface area contributed by atoms with Crippen molar-refractivity contribution in [2.24, 2.45) is 13.0 Å². The SMILES string of the molecule is CCOc1nn(C2CC2C#N)cc1-c1cnc(Nc2ccnc(-c3cnn(C)c3O)n2)cc1O[C@@H](C)CCO. The molecule has 0 aliphatic heterocycles. The first kappa shape index (κ1) is 25.9. The minimum Gasteiger partial charge on any atom is -0.493 e. The van der Waals surface area contributed by atoms with Gasteiger partial charge in [-0.25, -0.2) is 19.6 Å². The van der Waals surface area contributed by atoms with Crippen LogP contribution in [0.3, 0.4) is 0 Å². The molecule has 0 aromatic carbocycles. The molecule has 1 saturated carbocycles. The molecule has 1 fully saturated rings. The predicted molar refractivity (Wildman–Crippen MR) is 140 cm³/mol. The minimum absolute atomic E-state index is 0.0146. The molecule has 0 bridgehead atoms. The van der Waals surface area contributed by atoms with Gasteiger partial charge in [0.2, 0.25) is 11.8 Å². The number of aromatic hydroxyl groups is 1. The van der Waals surface area contributed by atoms with Crippen molar-refractivity contribution in [1.82, 2.24) is 34.5 Å². The second-order valence-electron chi connectivity index (χ2n) is 9.20. The van der Waals surface area contributed by atoms with Crippen LogP contribution < -0.4 is 14.8 Å². The second-order valence-corrected chi connectivity index (χ2v) is 9.20. The molecule has 0 spiro atoms. The molecule has 39 heavy (non-hydrogen) atoms. The Hall–Kier alpha value is -4.70. The summed E-state index contributed by atoms with van der Waals surface area (Å²) in [5.74, 6) is 2.06. The molecule has 0 amide bonds. The highest BCUT2D eigenvalue weighted by Crippen LogP contribution is 2.45. The lowest BCUT2D eigenvalue weighted by atomic mass is 10.1. The van der Waals surface area contributed by atoms with Crippen LogP contribution in [0.4, 0.5) is 11.6 Å². The van der Waals surface area contributed by atoms with Gasteiger partial charge in [-0.1, -0.05) is 0 Å². The lowest BCUT2D eigenvalue weighted by molar-refractivity contribution is 0.169. The van der Waals surface area contributed by atoms with Crippen LogP contribution in [0, 0.1) is 17.2 Å². The van der Waals surface area contributed by atoms with Gasteiger partial charge in [0.25, 0.3) is 0 Å². The number of nitrogens with one attached hydrogen (secondary N) is 1. The summed E-state index contributed by atoms with van der Waals surface area (Å²) in [4.78, 5) is 13.3. The number of pyridine rings is 1. The maximum absolute atomic E-state index is 10.2. The number of anilines is 2. The number of nitrogens with zero attached hydrogens (tertiary/aromatic N) is 8. The van der Waals surface area contributed by atoms with Gasteiger partial charge in [0.05, 0.1) is 42.5 Å². The van der Waals surface area contributed by atoms with E-state index in [9.17, 15) is 15.5 Å². The van der Waals surface area contributed by atoms with E-state index in [1.807, 2.05) is 20.0 Å². The van der Waals surface area contributed by atoms with Crippen molar-refractivity contribution < 1.29 is 19.7 Å². The molecule has 3 atom stereocenters. The maximum atomic E-state index is 10.2. The quantitative estimate of drug-likeness (QED) is 0.260. The average molecular weight is 532 g/mol. The van der Waals surface area contributed by atoms with E-state index in [-0.39, 0.29) is 30.6 Å². The predicted octanol–water partition coefficient (Wildman–Crippen LogP) is 3.22. The zero-order valence-electron chi connectivity index (χ0n) is 21.8. The first-order chi connectivity index (χ1) is 18.9. The number of rotatable bonds is 11. The first-order valence-electron chi connectivity index (χ1n) is 12.6. The van der Waals surface area contributed by atoms with Crippen LogP contribution in [-0.4, -0.2) is 64.0 Å². The van der Waals surface area contributed by atoms with E-state index in [2.05, 4.69) is 36.5 Å². The van der Waals surface area contributed by atoms with E-state index in [4.69, 9.17) is 9.47 Å². The second kappa shape index (κ2) is 11.0. The summed E-state index contributed by atoms with van der Waals surface area (Å²) in [6, 6.07) is 5.73. The van der Waals surface area contributed by atoms with Gasteiger partial charge in [0.1, 0.15) is 22.9 Å². The molecule has 4 aromatic heterocycles.